The summed E-state index contributed by atoms with van der Waals surface area (Å²) in [7, 11) is 0. The summed E-state index contributed by atoms with van der Waals surface area (Å²) in [6.45, 7) is 0.661. The zero-order chi connectivity index (χ0) is 11.4. The number of nitrogens with two attached hydrogens (primary N) is 1. The number of hydrogen-bond donors (Lipinski definition) is 1. The second-order valence-corrected chi connectivity index (χ2v) is 4.92. The SMILES string of the molecule is NC1CCCC(OCc2ccc(Cl)cc2)C1. The maximum Gasteiger partial charge on any atom is 0.0720 e. The number of ether oxygens (including phenoxy) is 1. The van der Waals surface area contributed by atoms with Gasteiger partial charge in [-0.05, 0) is 43.4 Å². The molecule has 0 spiro atoms. The van der Waals surface area contributed by atoms with Gasteiger partial charge in [0.2, 0.25) is 0 Å². The van der Waals surface area contributed by atoms with Crippen LogP contribution >= 0.6 is 11.6 Å². The van der Waals surface area contributed by atoms with E-state index in [1.54, 1.807) is 0 Å². The van der Waals surface area contributed by atoms with Crippen LogP contribution in [-0.2, 0) is 11.3 Å². The zero-order valence-electron chi connectivity index (χ0n) is 9.36. The molecule has 1 aliphatic rings. The summed E-state index contributed by atoms with van der Waals surface area (Å²) in [5.74, 6) is 0. The summed E-state index contributed by atoms with van der Waals surface area (Å²) in [5.41, 5.74) is 7.09. The lowest BCUT2D eigenvalue weighted by Crippen LogP contribution is -2.32. The lowest BCUT2D eigenvalue weighted by molar-refractivity contribution is 0.0123. The Morgan fingerprint density at radius 3 is 2.69 bits per heavy atom. The maximum absolute atomic E-state index is 5.92. The molecular formula is C13H18ClNO. The van der Waals surface area contributed by atoms with Gasteiger partial charge in [-0.25, -0.2) is 0 Å². The third kappa shape index (κ3) is 3.48. The fourth-order valence-electron chi connectivity index (χ4n) is 2.13. The van der Waals surface area contributed by atoms with Crippen LogP contribution in [0.4, 0.5) is 0 Å². The molecule has 1 fully saturated rings. The number of halogens is 1. The first kappa shape index (κ1) is 11.9. The van der Waals surface area contributed by atoms with E-state index in [0.29, 0.717) is 18.8 Å². The molecule has 0 heterocycles. The Kier molecular flexibility index (Phi) is 4.22. The molecule has 1 saturated carbocycles. The van der Waals surface area contributed by atoms with Gasteiger partial charge in [-0.1, -0.05) is 23.7 Å². The minimum atomic E-state index is 0.323. The predicted molar refractivity (Wildman–Crippen MR) is 66.5 cm³/mol. The number of rotatable bonds is 3. The molecule has 2 N–H and O–H groups in total. The predicted octanol–water partition coefficient (Wildman–Crippen LogP) is 3.13. The summed E-state index contributed by atoms with van der Waals surface area (Å²) in [5, 5.41) is 0.767. The van der Waals surface area contributed by atoms with Gasteiger partial charge in [-0.3, -0.25) is 0 Å². The first-order chi connectivity index (χ1) is 7.74. The second kappa shape index (κ2) is 5.67. The van der Waals surface area contributed by atoms with Gasteiger partial charge < -0.3 is 10.5 Å². The molecule has 0 aliphatic heterocycles. The van der Waals surface area contributed by atoms with Crippen molar-refractivity contribution in [1.29, 1.82) is 0 Å². The van der Waals surface area contributed by atoms with Gasteiger partial charge in [0, 0.05) is 11.1 Å². The Labute approximate surface area is 102 Å². The molecule has 2 atom stereocenters. The van der Waals surface area contributed by atoms with Gasteiger partial charge in [0.1, 0.15) is 0 Å². The molecular weight excluding hydrogens is 222 g/mol. The molecule has 16 heavy (non-hydrogen) atoms. The van der Waals surface area contributed by atoms with Crippen LogP contribution in [0.25, 0.3) is 0 Å². The first-order valence-electron chi connectivity index (χ1n) is 5.85. The Morgan fingerprint density at radius 2 is 2.00 bits per heavy atom. The highest BCUT2D eigenvalue weighted by Gasteiger charge is 2.19. The molecule has 2 rings (SSSR count). The topological polar surface area (TPSA) is 35.2 Å². The highest BCUT2D eigenvalue weighted by molar-refractivity contribution is 6.30. The quantitative estimate of drug-likeness (QED) is 0.880. The van der Waals surface area contributed by atoms with Gasteiger partial charge >= 0.3 is 0 Å². The fraction of sp³-hybridized carbons (Fsp3) is 0.538. The average Bonchev–Trinajstić information content (AvgIpc) is 2.28. The van der Waals surface area contributed by atoms with E-state index in [9.17, 15) is 0 Å². The average molecular weight is 240 g/mol. The van der Waals surface area contributed by atoms with Crippen molar-refractivity contribution in [3.8, 4) is 0 Å². The minimum Gasteiger partial charge on any atom is -0.373 e. The van der Waals surface area contributed by atoms with Gasteiger partial charge in [0.05, 0.1) is 12.7 Å². The Bertz CT molecular complexity index is 325. The Hall–Kier alpha value is -0.570. The third-order valence-electron chi connectivity index (χ3n) is 3.07. The molecule has 2 unspecified atom stereocenters. The lowest BCUT2D eigenvalue weighted by Gasteiger charge is -2.26. The summed E-state index contributed by atoms with van der Waals surface area (Å²) in [4.78, 5) is 0. The molecule has 88 valence electrons. The van der Waals surface area contributed by atoms with E-state index in [1.807, 2.05) is 24.3 Å². The van der Waals surface area contributed by atoms with Crippen LogP contribution in [0.2, 0.25) is 5.02 Å². The molecule has 1 aromatic rings. The van der Waals surface area contributed by atoms with Crippen molar-refractivity contribution in [2.24, 2.45) is 5.73 Å². The normalized spacial score (nSPS) is 25.6. The van der Waals surface area contributed by atoms with Crippen LogP contribution in [0.1, 0.15) is 31.2 Å². The van der Waals surface area contributed by atoms with Crippen LogP contribution < -0.4 is 5.73 Å². The molecule has 3 heteroatoms. The molecule has 1 aliphatic carbocycles. The molecule has 1 aromatic carbocycles. The highest BCUT2D eigenvalue weighted by atomic mass is 35.5. The standard InChI is InChI=1S/C13H18ClNO/c14-11-6-4-10(5-7-11)9-16-13-3-1-2-12(15)8-13/h4-7,12-13H,1-3,8-9,15H2. The van der Waals surface area contributed by atoms with Crippen molar-refractivity contribution in [2.75, 3.05) is 0 Å². The minimum absolute atomic E-state index is 0.323. The molecule has 0 saturated heterocycles. The zero-order valence-corrected chi connectivity index (χ0v) is 10.1. The molecule has 0 amide bonds. The van der Waals surface area contributed by atoms with Crippen LogP contribution in [0.15, 0.2) is 24.3 Å². The van der Waals surface area contributed by atoms with Crippen LogP contribution in [-0.4, -0.2) is 12.1 Å². The van der Waals surface area contributed by atoms with E-state index >= 15 is 0 Å². The molecule has 2 nitrogen and oxygen atoms in total. The van der Waals surface area contributed by atoms with Crippen molar-refractivity contribution < 1.29 is 4.74 Å². The Morgan fingerprint density at radius 1 is 1.25 bits per heavy atom. The second-order valence-electron chi connectivity index (χ2n) is 4.49. The fourth-order valence-corrected chi connectivity index (χ4v) is 2.25. The van der Waals surface area contributed by atoms with E-state index in [4.69, 9.17) is 22.1 Å². The van der Waals surface area contributed by atoms with Gasteiger partial charge in [-0.15, -0.1) is 0 Å². The lowest BCUT2D eigenvalue weighted by atomic mass is 9.93. The van der Waals surface area contributed by atoms with Gasteiger partial charge in [0.25, 0.3) is 0 Å². The van der Waals surface area contributed by atoms with Crippen molar-refractivity contribution >= 4 is 11.6 Å². The summed E-state index contributed by atoms with van der Waals surface area (Å²) in [6.07, 6.45) is 4.79. The third-order valence-corrected chi connectivity index (χ3v) is 3.32. The van der Waals surface area contributed by atoms with Crippen LogP contribution in [0, 0.1) is 0 Å². The number of benzene rings is 1. The molecule has 0 aromatic heterocycles. The summed E-state index contributed by atoms with van der Waals surface area (Å²) >= 11 is 5.82. The monoisotopic (exact) mass is 239 g/mol. The smallest absolute Gasteiger partial charge is 0.0720 e. The van der Waals surface area contributed by atoms with Gasteiger partial charge in [-0.2, -0.15) is 0 Å². The Balaban J connectivity index is 1.80. The van der Waals surface area contributed by atoms with Crippen molar-refractivity contribution in [2.45, 2.75) is 44.4 Å². The van der Waals surface area contributed by atoms with Crippen molar-refractivity contribution in [1.82, 2.24) is 0 Å². The number of hydrogen-bond acceptors (Lipinski definition) is 2. The molecule has 0 radical (unpaired) electrons. The van der Waals surface area contributed by atoms with Crippen molar-refractivity contribution in [3.63, 3.8) is 0 Å². The summed E-state index contributed by atoms with van der Waals surface area (Å²) < 4.78 is 5.86. The van der Waals surface area contributed by atoms with Gasteiger partial charge in [0.15, 0.2) is 0 Å². The first-order valence-corrected chi connectivity index (χ1v) is 6.23. The molecule has 0 bridgehead atoms. The largest absolute Gasteiger partial charge is 0.373 e. The van der Waals surface area contributed by atoms with E-state index in [2.05, 4.69) is 0 Å². The van der Waals surface area contributed by atoms with E-state index < -0.39 is 0 Å². The van der Waals surface area contributed by atoms with Crippen molar-refractivity contribution in [3.05, 3.63) is 34.9 Å². The summed E-state index contributed by atoms with van der Waals surface area (Å²) in [6, 6.07) is 8.12. The highest BCUT2D eigenvalue weighted by Crippen LogP contribution is 2.21. The van der Waals surface area contributed by atoms with Crippen LogP contribution in [0.3, 0.4) is 0 Å². The van der Waals surface area contributed by atoms with Crippen LogP contribution in [0.5, 0.6) is 0 Å². The van der Waals surface area contributed by atoms with E-state index in [0.717, 1.165) is 24.3 Å². The van der Waals surface area contributed by atoms with E-state index in [1.165, 1.54) is 12.0 Å². The van der Waals surface area contributed by atoms with E-state index in [-0.39, 0.29) is 0 Å². The maximum atomic E-state index is 5.92.